The number of hydrogen-bond donors (Lipinski definition) is 0. The van der Waals surface area contributed by atoms with Crippen molar-refractivity contribution < 1.29 is 28.5 Å². The molecule has 1 spiro atoms. The summed E-state index contributed by atoms with van der Waals surface area (Å²) in [7, 11) is 1.32. The molecule has 0 aromatic carbocycles. The number of methoxy groups -OCH3 is 1. The van der Waals surface area contributed by atoms with E-state index in [-0.39, 0.29) is 12.5 Å². The lowest BCUT2D eigenvalue weighted by atomic mass is 9.90. The van der Waals surface area contributed by atoms with E-state index >= 15 is 0 Å². The van der Waals surface area contributed by atoms with Gasteiger partial charge in [-0.2, -0.15) is 0 Å². The molecule has 2 rings (SSSR count). The topological polar surface area (TPSA) is 74.3 Å². The molecule has 0 N–H and O–H groups in total. The highest BCUT2D eigenvalue weighted by molar-refractivity contribution is 5.75. The van der Waals surface area contributed by atoms with Crippen LogP contribution in [-0.2, 0) is 23.7 Å². The molecule has 2 heterocycles. The van der Waals surface area contributed by atoms with Crippen molar-refractivity contribution in [1.29, 1.82) is 0 Å². The molecule has 7 heteroatoms. The van der Waals surface area contributed by atoms with Crippen LogP contribution in [0.15, 0.2) is 0 Å². The van der Waals surface area contributed by atoms with Crippen LogP contribution in [0.2, 0.25) is 0 Å². The van der Waals surface area contributed by atoms with Gasteiger partial charge in [-0.3, -0.25) is 4.79 Å². The molecular formula is C12H19NO6. The van der Waals surface area contributed by atoms with E-state index < -0.39 is 17.8 Å². The van der Waals surface area contributed by atoms with Gasteiger partial charge >= 0.3 is 12.1 Å². The van der Waals surface area contributed by atoms with Gasteiger partial charge in [0.05, 0.1) is 33.5 Å². The molecule has 0 aromatic heterocycles. The first-order valence-corrected chi connectivity index (χ1v) is 6.40. The molecule has 2 fully saturated rings. The fraction of sp³-hybridized carbons (Fsp3) is 0.833. The highest BCUT2D eigenvalue weighted by Crippen LogP contribution is 2.36. The average molecular weight is 273 g/mol. The highest BCUT2D eigenvalue weighted by atomic mass is 16.7. The van der Waals surface area contributed by atoms with E-state index in [1.165, 1.54) is 12.0 Å². The second-order valence-corrected chi connectivity index (χ2v) is 4.49. The first kappa shape index (κ1) is 14.1. The van der Waals surface area contributed by atoms with E-state index in [9.17, 15) is 9.59 Å². The third kappa shape index (κ3) is 2.66. The van der Waals surface area contributed by atoms with Gasteiger partial charge < -0.3 is 23.8 Å². The second kappa shape index (κ2) is 5.75. The van der Waals surface area contributed by atoms with Crippen molar-refractivity contribution in [1.82, 2.24) is 4.90 Å². The Labute approximate surface area is 111 Å². The van der Waals surface area contributed by atoms with Crippen LogP contribution >= 0.6 is 0 Å². The maximum atomic E-state index is 12.0. The van der Waals surface area contributed by atoms with Crippen LogP contribution in [0.5, 0.6) is 0 Å². The van der Waals surface area contributed by atoms with Crippen molar-refractivity contribution in [3.8, 4) is 0 Å². The van der Waals surface area contributed by atoms with Gasteiger partial charge in [0.2, 0.25) is 0 Å². The van der Waals surface area contributed by atoms with Crippen LogP contribution in [0, 0.1) is 5.92 Å². The lowest BCUT2D eigenvalue weighted by molar-refractivity contribution is -0.227. The Morgan fingerprint density at radius 3 is 2.63 bits per heavy atom. The third-order valence-corrected chi connectivity index (χ3v) is 3.41. The van der Waals surface area contributed by atoms with Gasteiger partial charge in [-0.1, -0.05) is 0 Å². The molecule has 19 heavy (non-hydrogen) atoms. The van der Waals surface area contributed by atoms with Crippen LogP contribution in [0.3, 0.4) is 0 Å². The molecule has 0 saturated carbocycles. The SMILES string of the molecule is CCOC(=O)C1CCN(C(=O)OC)CC12OCCO2. The Kier molecular flexibility index (Phi) is 4.26. The van der Waals surface area contributed by atoms with Crippen molar-refractivity contribution in [3.63, 3.8) is 0 Å². The molecule has 1 unspecified atom stereocenters. The minimum Gasteiger partial charge on any atom is -0.466 e. The van der Waals surface area contributed by atoms with Crippen molar-refractivity contribution in [2.45, 2.75) is 19.1 Å². The Bertz CT molecular complexity index is 352. The van der Waals surface area contributed by atoms with E-state index in [1.807, 2.05) is 0 Å². The molecule has 0 aromatic rings. The van der Waals surface area contributed by atoms with Crippen molar-refractivity contribution in [3.05, 3.63) is 0 Å². The number of ether oxygens (including phenoxy) is 4. The molecule has 0 aliphatic carbocycles. The predicted molar refractivity (Wildman–Crippen MR) is 63.4 cm³/mol. The van der Waals surface area contributed by atoms with E-state index in [0.29, 0.717) is 32.8 Å². The lowest BCUT2D eigenvalue weighted by Crippen LogP contribution is -2.58. The summed E-state index contributed by atoms with van der Waals surface area (Å²) in [5.41, 5.74) is 0. The van der Waals surface area contributed by atoms with Gasteiger partial charge in [-0.15, -0.1) is 0 Å². The summed E-state index contributed by atoms with van der Waals surface area (Å²) in [6.07, 6.45) is -0.00529. The molecule has 1 amide bonds. The van der Waals surface area contributed by atoms with Crippen molar-refractivity contribution in [2.75, 3.05) is 40.0 Å². The number of esters is 1. The Morgan fingerprint density at radius 2 is 2.05 bits per heavy atom. The summed E-state index contributed by atoms with van der Waals surface area (Å²) >= 11 is 0. The summed E-state index contributed by atoms with van der Waals surface area (Å²) in [4.78, 5) is 25.1. The minimum absolute atomic E-state index is 0.184. The summed E-state index contributed by atoms with van der Waals surface area (Å²) in [5.74, 6) is -1.93. The maximum Gasteiger partial charge on any atom is 0.409 e. The zero-order chi connectivity index (χ0) is 13.9. The largest absolute Gasteiger partial charge is 0.466 e. The molecule has 1 atom stereocenters. The van der Waals surface area contributed by atoms with Crippen LogP contribution in [0.1, 0.15) is 13.3 Å². The van der Waals surface area contributed by atoms with Crippen molar-refractivity contribution >= 4 is 12.1 Å². The monoisotopic (exact) mass is 273 g/mol. The van der Waals surface area contributed by atoms with Gasteiger partial charge in [-0.05, 0) is 13.3 Å². The fourth-order valence-corrected chi connectivity index (χ4v) is 2.55. The van der Waals surface area contributed by atoms with Gasteiger partial charge in [0.15, 0.2) is 5.79 Å². The Morgan fingerprint density at radius 1 is 1.37 bits per heavy atom. The molecule has 0 bridgehead atoms. The zero-order valence-electron chi connectivity index (χ0n) is 11.2. The molecule has 7 nitrogen and oxygen atoms in total. The number of likely N-dealkylation sites (tertiary alicyclic amines) is 1. The van der Waals surface area contributed by atoms with Gasteiger partial charge in [0.25, 0.3) is 0 Å². The standard InChI is InChI=1S/C12H19NO6/c1-3-17-10(14)9-4-5-13(11(15)16-2)8-12(9)18-6-7-19-12/h9H,3-8H2,1-2H3. The fourth-order valence-electron chi connectivity index (χ4n) is 2.55. The summed E-state index contributed by atoms with van der Waals surface area (Å²) in [5, 5.41) is 0. The smallest absolute Gasteiger partial charge is 0.409 e. The Balaban J connectivity index is 2.13. The van der Waals surface area contributed by atoms with E-state index in [4.69, 9.17) is 18.9 Å². The molecular weight excluding hydrogens is 254 g/mol. The number of hydrogen-bond acceptors (Lipinski definition) is 6. The first-order chi connectivity index (χ1) is 9.13. The summed E-state index contributed by atoms with van der Waals surface area (Å²) in [6, 6.07) is 0. The quantitative estimate of drug-likeness (QED) is 0.677. The molecule has 108 valence electrons. The van der Waals surface area contributed by atoms with Gasteiger partial charge in [-0.25, -0.2) is 4.79 Å². The van der Waals surface area contributed by atoms with E-state index in [0.717, 1.165) is 0 Å². The average Bonchev–Trinajstić information content (AvgIpc) is 2.86. The second-order valence-electron chi connectivity index (χ2n) is 4.49. The zero-order valence-corrected chi connectivity index (χ0v) is 11.2. The lowest BCUT2D eigenvalue weighted by Gasteiger charge is -2.42. The Hall–Kier alpha value is -1.34. The molecule has 2 aliphatic heterocycles. The number of rotatable bonds is 2. The number of carbonyl (C=O) groups excluding carboxylic acids is 2. The van der Waals surface area contributed by atoms with Gasteiger partial charge in [0.1, 0.15) is 5.92 Å². The van der Waals surface area contributed by atoms with Crippen LogP contribution in [0.4, 0.5) is 4.79 Å². The number of nitrogens with zero attached hydrogens (tertiary/aromatic N) is 1. The van der Waals surface area contributed by atoms with E-state index in [2.05, 4.69) is 0 Å². The number of amides is 1. The van der Waals surface area contributed by atoms with Gasteiger partial charge in [0, 0.05) is 6.54 Å². The molecule has 0 radical (unpaired) electrons. The summed E-state index contributed by atoms with van der Waals surface area (Å²) < 4.78 is 21.0. The number of carbonyl (C=O) groups is 2. The highest BCUT2D eigenvalue weighted by Gasteiger charge is 2.53. The summed E-state index contributed by atoms with van der Waals surface area (Å²) in [6.45, 7) is 3.49. The predicted octanol–water partition coefficient (Wildman–Crippen LogP) is 0.381. The normalized spacial score (nSPS) is 25.4. The van der Waals surface area contributed by atoms with E-state index in [1.54, 1.807) is 6.92 Å². The molecule has 2 saturated heterocycles. The van der Waals surface area contributed by atoms with Crippen LogP contribution in [-0.4, -0.2) is 62.8 Å². The molecule has 2 aliphatic rings. The third-order valence-electron chi connectivity index (χ3n) is 3.41. The van der Waals surface area contributed by atoms with Crippen molar-refractivity contribution in [2.24, 2.45) is 5.92 Å². The maximum absolute atomic E-state index is 12.0. The first-order valence-electron chi connectivity index (χ1n) is 6.40. The number of piperidine rings is 1. The minimum atomic E-state index is -1.08. The van der Waals surface area contributed by atoms with Crippen LogP contribution in [0.25, 0.3) is 0 Å². The van der Waals surface area contributed by atoms with Crippen LogP contribution < -0.4 is 0 Å².